The van der Waals surface area contributed by atoms with E-state index in [2.05, 4.69) is 35.4 Å². The largest absolute Gasteiger partial charge is 0.379 e. The lowest BCUT2D eigenvalue weighted by molar-refractivity contribution is 0.0398. The monoisotopic (exact) mass is 464 g/mol. The molecule has 0 saturated carbocycles. The third-order valence-corrected chi connectivity index (χ3v) is 5.89. The summed E-state index contributed by atoms with van der Waals surface area (Å²) >= 11 is 5.97. The molecule has 0 bridgehead atoms. The number of fused-ring (bicyclic) bond motifs is 1. The molecule has 5 rings (SSSR count). The van der Waals surface area contributed by atoms with Crippen LogP contribution in [0.15, 0.2) is 42.7 Å². The topological polar surface area (TPSA) is 105 Å². The molecule has 2 N–H and O–H groups in total. The lowest BCUT2D eigenvalue weighted by Crippen LogP contribution is -2.39. The summed E-state index contributed by atoms with van der Waals surface area (Å²) in [6.45, 7) is 5.21. The number of aromatic nitrogens is 6. The molecule has 4 aromatic rings. The maximum atomic E-state index is 5.97. The summed E-state index contributed by atoms with van der Waals surface area (Å²) in [5.41, 5.74) is 3.37. The van der Waals surface area contributed by atoms with Gasteiger partial charge in [-0.25, -0.2) is 15.0 Å². The number of benzene rings is 1. The highest BCUT2D eigenvalue weighted by atomic mass is 35.5. The van der Waals surface area contributed by atoms with Crippen LogP contribution in [-0.4, -0.2) is 74.4 Å². The van der Waals surface area contributed by atoms with E-state index in [1.54, 1.807) is 12.4 Å². The van der Waals surface area contributed by atoms with Gasteiger partial charge in [0.1, 0.15) is 5.82 Å². The molecule has 0 spiro atoms. The molecule has 0 amide bonds. The van der Waals surface area contributed by atoms with Gasteiger partial charge in [0.2, 0.25) is 5.95 Å². The van der Waals surface area contributed by atoms with Crippen molar-refractivity contribution in [2.75, 3.05) is 44.7 Å². The number of nitrogens with zero attached hydrogens (tertiary/aromatic N) is 6. The van der Waals surface area contributed by atoms with E-state index in [0.717, 1.165) is 79.9 Å². The number of aromatic amines is 1. The highest BCUT2D eigenvalue weighted by Crippen LogP contribution is 2.24. The first-order valence-corrected chi connectivity index (χ1v) is 11.4. The predicted octanol–water partition coefficient (Wildman–Crippen LogP) is 2.99. The molecule has 0 atom stereocenters. The molecule has 1 aromatic carbocycles. The van der Waals surface area contributed by atoms with Crippen LogP contribution in [0, 0.1) is 0 Å². The van der Waals surface area contributed by atoms with Crippen LogP contribution in [0.25, 0.3) is 22.4 Å². The molecule has 1 saturated heterocycles. The molecule has 1 aliphatic rings. The summed E-state index contributed by atoms with van der Waals surface area (Å²) in [4.78, 5) is 20.5. The molecule has 0 aliphatic carbocycles. The van der Waals surface area contributed by atoms with E-state index in [4.69, 9.17) is 21.3 Å². The number of halogens is 1. The third kappa shape index (κ3) is 5.44. The molecular weight excluding hydrogens is 440 g/mol. The molecule has 4 heterocycles. The zero-order valence-electron chi connectivity index (χ0n) is 18.2. The molecule has 0 unspecified atom stereocenters. The van der Waals surface area contributed by atoms with Gasteiger partial charge in [-0.15, -0.1) is 0 Å². The van der Waals surface area contributed by atoms with Crippen LogP contribution < -0.4 is 5.32 Å². The third-order valence-electron chi connectivity index (χ3n) is 5.64. The summed E-state index contributed by atoms with van der Waals surface area (Å²) in [5.74, 6) is 1.34. The van der Waals surface area contributed by atoms with E-state index >= 15 is 0 Å². The van der Waals surface area contributed by atoms with E-state index < -0.39 is 0 Å². The van der Waals surface area contributed by atoms with Crippen molar-refractivity contribution in [1.82, 2.24) is 35.0 Å². The lowest BCUT2D eigenvalue weighted by Gasteiger charge is -2.26. The first-order valence-electron chi connectivity index (χ1n) is 11.1. The fraction of sp³-hybridized carbons (Fsp3) is 0.348. The number of rotatable bonds is 8. The summed E-state index contributed by atoms with van der Waals surface area (Å²) in [7, 11) is 0. The van der Waals surface area contributed by atoms with E-state index in [9.17, 15) is 0 Å². The molecule has 10 heteroatoms. The van der Waals surface area contributed by atoms with Crippen LogP contribution in [0.5, 0.6) is 0 Å². The minimum Gasteiger partial charge on any atom is -0.379 e. The average Bonchev–Trinajstić information content (AvgIpc) is 3.28. The number of hydrogen-bond donors (Lipinski definition) is 2. The predicted molar refractivity (Wildman–Crippen MR) is 127 cm³/mol. The highest BCUT2D eigenvalue weighted by molar-refractivity contribution is 6.30. The van der Waals surface area contributed by atoms with Gasteiger partial charge in [-0.3, -0.25) is 10.00 Å². The Bertz CT molecular complexity index is 1210. The van der Waals surface area contributed by atoms with Crippen molar-refractivity contribution in [2.24, 2.45) is 0 Å². The number of anilines is 1. The van der Waals surface area contributed by atoms with Gasteiger partial charge in [0.15, 0.2) is 5.65 Å². The molecule has 1 fully saturated rings. The first kappa shape index (κ1) is 21.7. The molecule has 33 heavy (non-hydrogen) atoms. The van der Waals surface area contributed by atoms with Crippen molar-refractivity contribution in [1.29, 1.82) is 0 Å². The van der Waals surface area contributed by atoms with Gasteiger partial charge in [0, 0.05) is 50.0 Å². The zero-order chi connectivity index (χ0) is 22.5. The smallest absolute Gasteiger partial charge is 0.224 e. The minimum absolute atomic E-state index is 0.570. The summed E-state index contributed by atoms with van der Waals surface area (Å²) in [6.07, 6.45) is 5.13. The maximum Gasteiger partial charge on any atom is 0.224 e. The molecular formula is C23H25ClN8O. The first-order chi connectivity index (χ1) is 16.2. The van der Waals surface area contributed by atoms with Gasteiger partial charge >= 0.3 is 0 Å². The Morgan fingerprint density at radius 1 is 1.03 bits per heavy atom. The number of H-pyrrole nitrogens is 1. The van der Waals surface area contributed by atoms with E-state index in [1.807, 2.05) is 30.3 Å². The van der Waals surface area contributed by atoms with Crippen molar-refractivity contribution < 1.29 is 4.74 Å². The van der Waals surface area contributed by atoms with Crippen molar-refractivity contribution in [3.8, 4) is 11.4 Å². The number of ether oxygens (including phenoxy) is 1. The van der Waals surface area contributed by atoms with Crippen molar-refractivity contribution in [3.05, 3.63) is 59.1 Å². The van der Waals surface area contributed by atoms with Crippen LogP contribution in [0.4, 0.5) is 5.95 Å². The van der Waals surface area contributed by atoms with Gasteiger partial charge in [-0.1, -0.05) is 23.7 Å². The van der Waals surface area contributed by atoms with Gasteiger partial charge < -0.3 is 10.1 Å². The Labute approximate surface area is 196 Å². The molecule has 170 valence electrons. The van der Waals surface area contributed by atoms with Crippen molar-refractivity contribution >= 4 is 28.6 Å². The van der Waals surface area contributed by atoms with Gasteiger partial charge in [0.05, 0.1) is 30.0 Å². The SMILES string of the molecule is Clc1ccc(CCc2nccc(-c3[nH]nc4nc(NCCN5CCOCC5)ncc34)n2)cc1. The quantitative estimate of drug-likeness (QED) is 0.410. The van der Waals surface area contributed by atoms with E-state index in [-0.39, 0.29) is 0 Å². The molecule has 9 nitrogen and oxygen atoms in total. The highest BCUT2D eigenvalue weighted by Gasteiger charge is 2.13. The zero-order valence-corrected chi connectivity index (χ0v) is 18.9. The Hall–Kier alpha value is -3.14. The van der Waals surface area contributed by atoms with Crippen LogP contribution in [-0.2, 0) is 17.6 Å². The van der Waals surface area contributed by atoms with Gasteiger partial charge in [0.25, 0.3) is 0 Å². The van der Waals surface area contributed by atoms with Gasteiger partial charge in [-0.2, -0.15) is 10.1 Å². The van der Waals surface area contributed by atoms with Crippen LogP contribution in [0.3, 0.4) is 0 Å². The van der Waals surface area contributed by atoms with Gasteiger partial charge in [-0.05, 0) is 30.2 Å². The fourth-order valence-electron chi connectivity index (χ4n) is 3.80. The average molecular weight is 465 g/mol. The van der Waals surface area contributed by atoms with Crippen molar-refractivity contribution in [3.63, 3.8) is 0 Å². The number of hydrogen-bond acceptors (Lipinski definition) is 8. The Morgan fingerprint density at radius 3 is 2.73 bits per heavy atom. The lowest BCUT2D eigenvalue weighted by atomic mass is 10.1. The van der Waals surface area contributed by atoms with Crippen LogP contribution in [0.2, 0.25) is 5.02 Å². The van der Waals surface area contributed by atoms with Crippen molar-refractivity contribution in [2.45, 2.75) is 12.8 Å². The second-order valence-electron chi connectivity index (χ2n) is 7.89. The van der Waals surface area contributed by atoms with Crippen LogP contribution >= 0.6 is 11.6 Å². The fourth-order valence-corrected chi connectivity index (χ4v) is 3.93. The molecule has 0 radical (unpaired) electrons. The van der Waals surface area contributed by atoms with Crippen LogP contribution in [0.1, 0.15) is 11.4 Å². The number of morpholine rings is 1. The molecule has 3 aromatic heterocycles. The number of aryl methyl sites for hydroxylation is 2. The normalized spacial score (nSPS) is 14.6. The second kappa shape index (κ2) is 10.2. The maximum absolute atomic E-state index is 5.97. The standard InChI is InChI=1S/C23H25ClN8O/c24-17-4-1-16(2-5-17)3-6-20-25-8-7-19(28-20)21-18-15-27-23(29-22(18)31-30-21)26-9-10-32-11-13-33-14-12-32/h1-2,4-5,7-8,15H,3,6,9-14H2,(H2,26,27,29,30,31). The summed E-state index contributed by atoms with van der Waals surface area (Å²) < 4.78 is 5.38. The second-order valence-corrected chi connectivity index (χ2v) is 8.33. The minimum atomic E-state index is 0.570. The Morgan fingerprint density at radius 2 is 1.88 bits per heavy atom. The Kier molecular flexibility index (Phi) is 6.71. The Balaban J connectivity index is 1.24. The van der Waals surface area contributed by atoms with E-state index in [1.165, 1.54) is 5.56 Å². The summed E-state index contributed by atoms with van der Waals surface area (Å²) in [5, 5.41) is 12.3. The molecule has 1 aliphatic heterocycles. The van der Waals surface area contributed by atoms with E-state index in [0.29, 0.717) is 11.6 Å². The number of nitrogens with one attached hydrogen (secondary N) is 2. The summed E-state index contributed by atoms with van der Waals surface area (Å²) in [6, 6.07) is 9.72.